The van der Waals surface area contributed by atoms with Gasteiger partial charge in [-0.25, -0.2) is 0 Å². The third-order valence-electron chi connectivity index (χ3n) is 3.66. The minimum absolute atomic E-state index is 0.0344. The van der Waals surface area contributed by atoms with Crippen molar-refractivity contribution >= 4 is 5.78 Å². The Morgan fingerprint density at radius 3 is 2.64 bits per heavy atom. The average molecular weight is 197 g/mol. The highest BCUT2D eigenvalue weighted by atomic mass is 16.1. The molecule has 2 heteroatoms. The first kappa shape index (κ1) is 11.7. The Morgan fingerprint density at radius 1 is 1.43 bits per heavy atom. The van der Waals surface area contributed by atoms with Crippen LogP contribution in [0.2, 0.25) is 0 Å². The number of ketones is 1. The van der Waals surface area contributed by atoms with Gasteiger partial charge in [0.2, 0.25) is 0 Å². The zero-order valence-electron chi connectivity index (χ0n) is 9.68. The Balaban J connectivity index is 2.58. The van der Waals surface area contributed by atoms with Gasteiger partial charge in [-0.3, -0.25) is 4.79 Å². The average Bonchev–Trinajstić information content (AvgIpc) is 2.26. The fourth-order valence-corrected chi connectivity index (χ4v) is 2.53. The van der Waals surface area contributed by atoms with Crippen LogP contribution < -0.4 is 5.32 Å². The van der Waals surface area contributed by atoms with Gasteiger partial charge in [0.1, 0.15) is 0 Å². The molecule has 2 nitrogen and oxygen atoms in total. The highest BCUT2D eigenvalue weighted by Gasteiger charge is 2.31. The maximum absolute atomic E-state index is 12.0. The van der Waals surface area contributed by atoms with Gasteiger partial charge in [-0.2, -0.15) is 0 Å². The molecule has 0 aliphatic heterocycles. The van der Waals surface area contributed by atoms with E-state index in [1.165, 1.54) is 19.3 Å². The molecule has 0 radical (unpaired) electrons. The molecule has 1 rings (SSSR count). The lowest BCUT2D eigenvalue weighted by Gasteiger charge is -2.31. The molecular weight excluding hydrogens is 174 g/mol. The fourth-order valence-electron chi connectivity index (χ4n) is 2.53. The van der Waals surface area contributed by atoms with Crippen LogP contribution in [-0.4, -0.2) is 18.9 Å². The smallest absolute Gasteiger partial charge is 0.152 e. The molecule has 0 aromatic heterocycles. The first-order chi connectivity index (χ1) is 6.70. The summed E-state index contributed by atoms with van der Waals surface area (Å²) in [6.07, 6.45) is 6.08. The minimum Gasteiger partial charge on any atom is -0.311 e. The van der Waals surface area contributed by atoms with Crippen molar-refractivity contribution in [3.8, 4) is 0 Å². The third kappa shape index (κ3) is 2.57. The van der Waals surface area contributed by atoms with Gasteiger partial charge in [-0.1, -0.05) is 26.2 Å². The number of nitrogens with one attached hydrogen (secondary N) is 1. The van der Waals surface area contributed by atoms with Crippen molar-refractivity contribution in [2.24, 2.45) is 11.8 Å². The van der Waals surface area contributed by atoms with Crippen molar-refractivity contribution in [2.45, 2.75) is 52.0 Å². The molecule has 0 bridgehead atoms. The van der Waals surface area contributed by atoms with Crippen LogP contribution in [0.3, 0.4) is 0 Å². The molecule has 1 aliphatic rings. The molecule has 1 fully saturated rings. The zero-order chi connectivity index (χ0) is 10.6. The first-order valence-corrected chi connectivity index (χ1v) is 5.91. The molecule has 0 aromatic rings. The van der Waals surface area contributed by atoms with Crippen molar-refractivity contribution in [1.29, 1.82) is 0 Å². The van der Waals surface area contributed by atoms with Gasteiger partial charge >= 0.3 is 0 Å². The van der Waals surface area contributed by atoms with Crippen LogP contribution in [0.15, 0.2) is 0 Å². The van der Waals surface area contributed by atoms with Gasteiger partial charge in [-0.05, 0) is 32.7 Å². The lowest BCUT2D eigenvalue weighted by atomic mass is 9.74. The van der Waals surface area contributed by atoms with Gasteiger partial charge in [0.25, 0.3) is 0 Å². The van der Waals surface area contributed by atoms with E-state index in [1.807, 2.05) is 14.0 Å². The summed E-state index contributed by atoms with van der Waals surface area (Å²) in [5.74, 6) is 1.40. The van der Waals surface area contributed by atoms with Gasteiger partial charge in [0.15, 0.2) is 5.78 Å². The van der Waals surface area contributed by atoms with Crippen LogP contribution >= 0.6 is 0 Å². The molecule has 0 aromatic carbocycles. The standard InChI is InChI=1S/C12H23NO/c1-4-10-7-5-6-8-11(10)12(14)9(2)13-3/h9-11,13H,4-8H2,1-3H3. The van der Waals surface area contributed by atoms with E-state index in [2.05, 4.69) is 12.2 Å². The molecule has 3 unspecified atom stereocenters. The lowest BCUT2D eigenvalue weighted by molar-refractivity contribution is -0.127. The van der Waals surface area contributed by atoms with Gasteiger partial charge in [0.05, 0.1) is 6.04 Å². The number of Topliss-reactive ketones (excluding diaryl/α,β-unsaturated/α-hetero) is 1. The van der Waals surface area contributed by atoms with Crippen molar-refractivity contribution in [1.82, 2.24) is 5.32 Å². The van der Waals surface area contributed by atoms with Crippen LogP contribution in [0.4, 0.5) is 0 Å². The minimum atomic E-state index is 0.0344. The second-order valence-electron chi connectivity index (χ2n) is 4.47. The zero-order valence-corrected chi connectivity index (χ0v) is 9.68. The van der Waals surface area contributed by atoms with Crippen molar-refractivity contribution in [3.63, 3.8) is 0 Å². The van der Waals surface area contributed by atoms with E-state index >= 15 is 0 Å². The highest BCUT2D eigenvalue weighted by Crippen LogP contribution is 2.33. The van der Waals surface area contributed by atoms with E-state index in [1.54, 1.807) is 0 Å². The maximum Gasteiger partial charge on any atom is 0.152 e. The molecule has 0 spiro atoms. The monoisotopic (exact) mass is 197 g/mol. The fraction of sp³-hybridized carbons (Fsp3) is 0.917. The molecule has 1 aliphatic carbocycles. The molecule has 14 heavy (non-hydrogen) atoms. The number of rotatable bonds is 4. The summed E-state index contributed by atoms with van der Waals surface area (Å²) < 4.78 is 0. The number of likely N-dealkylation sites (N-methyl/N-ethyl adjacent to an activating group) is 1. The van der Waals surface area contributed by atoms with E-state index in [0.29, 0.717) is 17.6 Å². The van der Waals surface area contributed by atoms with Crippen molar-refractivity contribution in [3.05, 3.63) is 0 Å². The van der Waals surface area contributed by atoms with Crippen molar-refractivity contribution < 1.29 is 4.79 Å². The van der Waals surface area contributed by atoms with Crippen molar-refractivity contribution in [2.75, 3.05) is 7.05 Å². The Morgan fingerprint density at radius 2 is 2.07 bits per heavy atom. The highest BCUT2D eigenvalue weighted by molar-refractivity contribution is 5.86. The number of carbonyl (C=O) groups excluding carboxylic acids is 1. The summed E-state index contributed by atoms with van der Waals surface area (Å²) in [7, 11) is 1.87. The molecule has 82 valence electrons. The van der Waals surface area contributed by atoms with E-state index in [0.717, 1.165) is 12.8 Å². The molecule has 1 saturated carbocycles. The number of hydrogen-bond acceptors (Lipinski definition) is 2. The van der Waals surface area contributed by atoms with E-state index in [-0.39, 0.29) is 6.04 Å². The second kappa shape index (κ2) is 5.50. The Kier molecular flexibility index (Phi) is 4.59. The van der Waals surface area contributed by atoms with Crippen LogP contribution in [0, 0.1) is 11.8 Å². The van der Waals surface area contributed by atoms with Crippen LogP contribution in [0.25, 0.3) is 0 Å². The number of hydrogen-bond donors (Lipinski definition) is 1. The van der Waals surface area contributed by atoms with E-state index < -0.39 is 0 Å². The first-order valence-electron chi connectivity index (χ1n) is 5.91. The largest absolute Gasteiger partial charge is 0.311 e. The lowest BCUT2D eigenvalue weighted by Crippen LogP contribution is -2.39. The summed E-state index contributed by atoms with van der Waals surface area (Å²) in [5, 5.41) is 3.06. The molecule has 1 N–H and O–H groups in total. The summed E-state index contributed by atoms with van der Waals surface area (Å²) in [6, 6.07) is 0.0344. The normalized spacial score (nSPS) is 29.9. The number of carbonyl (C=O) groups is 1. The topological polar surface area (TPSA) is 29.1 Å². The molecule has 3 atom stereocenters. The van der Waals surface area contributed by atoms with E-state index in [4.69, 9.17) is 0 Å². The molecule has 0 saturated heterocycles. The molecular formula is C12H23NO. The van der Waals surface area contributed by atoms with E-state index in [9.17, 15) is 4.79 Å². The predicted molar refractivity (Wildman–Crippen MR) is 59.3 cm³/mol. The summed E-state index contributed by atoms with van der Waals surface area (Å²) in [4.78, 5) is 12.0. The Bertz CT molecular complexity index is 191. The molecule has 0 amide bonds. The van der Waals surface area contributed by atoms with Gasteiger partial charge < -0.3 is 5.32 Å². The Labute approximate surface area is 87.5 Å². The van der Waals surface area contributed by atoms with Crippen LogP contribution in [0.1, 0.15) is 46.0 Å². The van der Waals surface area contributed by atoms with Gasteiger partial charge in [-0.15, -0.1) is 0 Å². The quantitative estimate of drug-likeness (QED) is 0.749. The summed E-state index contributed by atoms with van der Waals surface area (Å²) in [6.45, 7) is 4.18. The third-order valence-corrected chi connectivity index (χ3v) is 3.66. The maximum atomic E-state index is 12.0. The second-order valence-corrected chi connectivity index (χ2v) is 4.47. The molecule has 0 heterocycles. The Hall–Kier alpha value is -0.370. The van der Waals surface area contributed by atoms with Crippen LogP contribution in [0.5, 0.6) is 0 Å². The van der Waals surface area contributed by atoms with Gasteiger partial charge in [0, 0.05) is 5.92 Å². The summed E-state index contributed by atoms with van der Waals surface area (Å²) >= 11 is 0. The predicted octanol–water partition coefficient (Wildman–Crippen LogP) is 2.38. The summed E-state index contributed by atoms with van der Waals surface area (Å²) in [5.41, 5.74) is 0. The van der Waals surface area contributed by atoms with Crippen LogP contribution in [-0.2, 0) is 4.79 Å². The SMILES string of the molecule is CCC1CCCCC1C(=O)C(C)NC.